The lowest BCUT2D eigenvalue weighted by atomic mass is 10.0. The second-order valence-electron chi connectivity index (χ2n) is 9.69. The summed E-state index contributed by atoms with van der Waals surface area (Å²) >= 11 is 1.50. The van der Waals surface area contributed by atoms with E-state index >= 15 is 0 Å². The number of anilines is 1. The summed E-state index contributed by atoms with van der Waals surface area (Å²) in [4.78, 5) is 24.8. The minimum Gasteiger partial charge on any atom is -0.368 e. The summed E-state index contributed by atoms with van der Waals surface area (Å²) in [6.45, 7) is 5.67. The predicted octanol–water partition coefficient (Wildman–Crippen LogP) is 4.60. The maximum atomic E-state index is 13.0. The third-order valence-corrected chi connectivity index (χ3v) is 8.80. The van der Waals surface area contributed by atoms with Gasteiger partial charge in [0, 0.05) is 51.0 Å². The highest BCUT2D eigenvalue weighted by atomic mass is 32.1. The Morgan fingerprint density at radius 2 is 1.64 bits per heavy atom. The fourth-order valence-electron chi connectivity index (χ4n) is 5.83. The Kier molecular flexibility index (Phi) is 5.80. The van der Waals surface area contributed by atoms with E-state index in [1.165, 1.54) is 73.3 Å². The smallest absolute Gasteiger partial charge is 0.282 e. The van der Waals surface area contributed by atoms with Crippen LogP contribution in [0.2, 0.25) is 0 Å². The number of hydrogen-bond acceptors (Lipinski definition) is 5. The summed E-state index contributed by atoms with van der Waals surface area (Å²) in [5.41, 5.74) is 5.29. The Balaban J connectivity index is 1.10. The Bertz CT molecular complexity index is 1110. The van der Waals surface area contributed by atoms with Gasteiger partial charge in [0.25, 0.3) is 5.91 Å². The highest BCUT2D eigenvalue weighted by molar-refractivity contribution is 7.20. The number of nitrogens with zero attached hydrogens (tertiary/aromatic N) is 4. The van der Waals surface area contributed by atoms with E-state index in [1.54, 1.807) is 0 Å². The fourth-order valence-corrected chi connectivity index (χ4v) is 6.76. The number of thiazole rings is 1. The summed E-state index contributed by atoms with van der Waals surface area (Å²) in [6.07, 6.45) is 7.94. The Morgan fingerprint density at radius 1 is 0.879 bits per heavy atom. The van der Waals surface area contributed by atoms with Crippen LogP contribution >= 0.6 is 11.3 Å². The molecule has 5 nitrogen and oxygen atoms in total. The molecule has 0 atom stereocenters. The van der Waals surface area contributed by atoms with Crippen LogP contribution in [-0.2, 0) is 12.8 Å². The minimum absolute atomic E-state index is 0.0739. The molecule has 2 fully saturated rings. The molecule has 172 valence electrons. The first-order valence-corrected chi connectivity index (χ1v) is 13.3. The number of hydrogen-bond donors (Lipinski definition) is 0. The number of amides is 1. The van der Waals surface area contributed by atoms with E-state index in [0.29, 0.717) is 5.01 Å². The van der Waals surface area contributed by atoms with Gasteiger partial charge in [-0.3, -0.25) is 9.69 Å². The van der Waals surface area contributed by atoms with Crippen LogP contribution in [0.1, 0.15) is 46.6 Å². The molecule has 2 aromatic carbocycles. The van der Waals surface area contributed by atoms with Crippen LogP contribution in [0.25, 0.3) is 10.2 Å². The first kappa shape index (κ1) is 21.1. The molecule has 0 unspecified atom stereocenters. The molecule has 0 N–H and O–H groups in total. The molecule has 1 aromatic heterocycles. The largest absolute Gasteiger partial charge is 0.368 e. The van der Waals surface area contributed by atoms with Gasteiger partial charge in [0.05, 0.1) is 10.2 Å². The molecule has 33 heavy (non-hydrogen) atoms. The molecule has 1 saturated carbocycles. The lowest BCUT2D eigenvalue weighted by Crippen LogP contribution is -2.48. The van der Waals surface area contributed by atoms with E-state index in [9.17, 15) is 4.79 Å². The zero-order chi connectivity index (χ0) is 22.2. The summed E-state index contributed by atoms with van der Waals surface area (Å²) in [5.74, 6) is 0.0739. The van der Waals surface area contributed by atoms with Gasteiger partial charge in [-0.15, -0.1) is 11.3 Å². The zero-order valence-electron chi connectivity index (χ0n) is 19.2. The van der Waals surface area contributed by atoms with Crippen molar-refractivity contribution >= 4 is 33.1 Å². The average Bonchev–Trinajstić information content (AvgIpc) is 3.50. The predicted molar refractivity (Wildman–Crippen MR) is 135 cm³/mol. The standard InChI is InChI=1S/C27H32N4OS/c32-27(26-28-24-7-3-4-8-25(24)33-26)31-17-15-30(16-18-31)23-10-9-20-11-13-29(14-12-21(20)19-23)22-5-1-2-6-22/h3-4,7-10,19,22H,1-2,5-6,11-18H2. The molecule has 1 amide bonds. The summed E-state index contributed by atoms with van der Waals surface area (Å²) in [7, 11) is 0. The molecule has 6 rings (SSSR count). The van der Waals surface area contributed by atoms with Gasteiger partial charge in [0.15, 0.2) is 5.01 Å². The van der Waals surface area contributed by atoms with Crippen LogP contribution in [-0.4, -0.2) is 66.0 Å². The van der Waals surface area contributed by atoms with Gasteiger partial charge in [0.2, 0.25) is 0 Å². The van der Waals surface area contributed by atoms with Crippen molar-refractivity contribution in [2.75, 3.05) is 44.2 Å². The monoisotopic (exact) mass is 460 g/mol. The van der Waals surface area contributed by atoms with Crippen molar-refractivity contribution in [3.63, 3.8) is 0 Å². The third kappa shape index (κ3) is 4.26. The van der Waals surface area contributed by atoms with E-state index in [1.807, 2.05) is 29.2 Å². The van der Waals surface area contributed by atoms with Crippen LogP contribution in [0.4, 0.5) is 5.69 Å². The van der Waals surface area contributed by atoms with Crippen molar-refractivity contribution in [3.8, 4) is 0 Å². The molecule has 0 radical (unpaired) electrons. The van der Waals surface area contributed by atoms with Gasteiger partial charge in [-0.05, 0) is 61.1 Å². The SMILES string of the molecule is O=C(c1nc2ccccc2s1)N1CCN(c2ccc3c(c2)CCN(C2CCCC2)CC3)CC1. The maximum absolute atomic E-state index is 13.0. The molecule has 3 heterocycles. The van der Waals surface area contributed by atoms with Gasteiger partial charge in [-0.2, -0.15) is 0 Å². The summed E-state index contributed by atoms with van der Waals surface area (Å²) < 4.78 is 1.08. The molecular formula is C27H32N4OS. The lowest BCUT2D eigenvalue weighted by molar-refractivity contribution is 0.0746. The van der Waals surface area contributed by atoms with Crippen molar-refractivity contribution < 1.29 is 4.79 Å². The van der Waals surface area contributed by atoms with E-state index in [4.69, 9.17) is 0 Å². The van der Waals surface area contributed by atoms with E-state index in [0.717, 1.165) is 48.9 Å². The van der Waals surface area contributed by atoms with E-state index in [-0.39, 0.29) is 5.91 Å². The van der Waals surface area contributed by atoms with Gasteiger partial charge in [-0.1, -0.05) is 31.0 Å². The van der Waals surface area contributed by atoms with Gasteiger partial charge < -0.3 is 9.80 Å². The molecule has 3 aliphatic rings. The van der Waals surface area contributed by atoms with E-state index in [2.05, 4.69) is 33.0 Å². The number of carbonyl (C=O) groups excluding carboxylic acids is 1. The molecule has 3 aromatic rings. The van der Waals surface area contributed by atoms with Crippen molar-refractivity contribution in [2.24, 2.45) is 0 Å². The zero-order valence-corrected chi connectivity index (χ0v) is 20.0. The Hall–Kier alpha value is -2.44. The molecule has 2 aliphatic heterocycles. The van der Waals surface area contributed by atoms with Crippen LogP contribution in [0.15, 0.2) is 42.5 Å². The molecule has 1 aliphatic carbocycles. The van der Waals surface area contributed by atoms with E-state index < -0.39 is 0 Å². The number of carbonyl (C=O) groups is 1. The quantitative estimate of drug-likeness (QED) is 0.573. The molecular weight excluding hydrogens is 428 g/mol. The summed E-state index contributed by atoms with van der Waals surface area (Å²) in [5, 5.41) is 0.612. The van der Waals surface area contributed by atoms with Gasteiger partial charge in [-0.25, -0.2) is 4.98 Å². The number of benzene rings is 2. The van der Waals surface area contributed by atoms with Crippen molar-refractivity contribution in [3.05, 3.63) is 58.6 Å². The summed E-state index contributed by atoms with van der Waals surface area (Å²) in [6, 6.07) is 15.9. The maximum Gasteiger partial charge on any atom is 0.282 e. The number of fused-ring (bicyclic) bond motifs is 2. The van der Waals surface area contributed by atoms with Crippen LogP contribution in [0, 0.1) is 0 Å². The van der Waals surface area contributed by atoms with Crippen molar-refractivity contribution in [1.29, 1.82) is 0 Å². The number of para-hydroxylation sites is 1. The van der Waals surface area contributed by atoms with Crippen LogP contribution in [0.3, 0.4) is 0 Å². The third-order valence-electron chi connectivity index (χ3n) is 7.78. The van der Waals surface area contributed by atoms with Crippen LogP contribution in [0.5, 0.6) is 0 Å². The van der Waals surface area contributed by atoms with Crippen molar-refractivity contribution in [2.45, 2.75) is 44.6 Å². The lowest BCUT2D eigenvalue weighted by Gasteiger charge is -2.36. The van der Waals surface area contributed by atoms with Crippen LogP contribution < -0.4 is 4.90 Å². The fraction of sp³-hybridized carbons (Fsp3) is 0.481. The highest BCUT2D eigenvalue weighted by Gasteiger charge is 2.27. The molecule has 0 bridgehead atoms. The minimum atomic E-state index is 0.0739. The first-order valence-electron chi connectivity index (χ1n) is 12.5. The first-order chi connectivity index (χ1) is 16.2. The Morgan fingerprint density at radius 3 is 2.42 bits per heavy atom. The topological polar surface area (TPSA) is 39.7 Å². The number of piperazine rings is 1. The second-order valence-corrected chi connectivity index (χ2v) is 10.7. The average molecular weight is 461 g/mol. The molecule has 0 spiro atoms. The number of aromatic nitrogens is 1. The highest BCUT2D eigenvalue weighted by Crippen LogP contribution is 2.29. The second kappa shape index (κ2) is 9.07. The molecule has 1 saturated heterocycles. The van der Waals surface area contributed by atoms with Crippen molar-refractivity contribution in [1.82, 2.24) is 14.8 Å². The van der Waals surface area contributed by atoms with Gasteiger partial charge >= 0.3 is 0 Å². The normalized spacial score (nSPS) is 20.2. The Labute approximate surface area is 200 Å². The molecule has 6 heteroatoms. The van der Waals surface area contributed by atoms with Gasteiger partial charge in [0.1, 0.15) is 0 Å². The number of rotatable bonds is 3.